The Morgan fingerprint density at radius 3 is 3.08 bits per heavy atom. The summed E-state index contributed by atoms with van der Waals surface area (Å²) < 4.78 is 5.30. The molecular formula is C8H3ClN2Se. The monoisotopic (exact) mass is 242 g/mol. The quantitative estimate of drug-likeness (QED) is 0.660. The molecule has 0 amide bonds. The first kappa shape index (κ1) is 7.82. The standard InChI is InChI=1S/C8H3ClN2Se/c9-7-2-8-6(4-11-12-8)1-5(7)3-10/h1-2,4H. The minimum absolute atomic E-state index is 0.160. The van der Waals surface area contributed by atoms with Crippen LogP contribution >= 0.6 is 11.6 Å². The molecule has 2 nitrogen and oxygen atoms in total. The molecule has 1 aromatic heterocycles. The van der Waals surface area contributed by atoms with Crippen LogP contribution < -0.4 is 0 Å². The van der Waals surface area contributed by atoms with E-state index in [-0.39, 0.29) is 14.7 Å². The maximum absolute atomic E-state index is 8.68. The molecule has 0 atom stereocenters. The molecule has 0 saturated heterocycles. The predicted molar refractivity (Wildman–Crippen MR) is 48.4 cm³/mol. The zero-order chi connectivity index (χ0) is 8.55. The molecule has 0 saturated carbocycles. The molecule has 1 heterocycles. The first-order valence-electron chi connectivity index (χ1n) is 3.25. The van der Waals surface area contributed by atoms with Crippen molar-refractivity contribution in [1.29, 1.82) is 5.26 Å². The van der Waals surface area contributed by atoms with Crippen molar-refractivity contribution in [3.8, 4) is 6.07 Å². The van der Waals surface area contributed by atoms with Gasteiger partial charge in [-0.1, -0.05) is 0 Å². The van der Waals surface area contributed by atoms with Crippen LogP contribution in [0.15, 0.2) is 18.3 Å². The maximum atomic E-state index is 8.68. The predicted octanol–water partition coefficient (Wildman–Crippen LogP) is 1.82. The Morgan fingerprint density at radius 1 is 1.50 bits per heavy atom. The van der Waals surface area contributed by atoms with Crippen molar-refractivity contribution in [2.24, 2.45) is 0 Å². The van der Waals surface area contributed by atoms with Gasteiger partial charge in [0.1, 0.15) is 0 Å². The number of fused-ring (bicyclic) bond motifs is 1. The van der Waals surface area contributed by atoms with E-state index in [0.717, 1.165) is 9.65 Å². The minimum atomic E-state index is 0.160. The number of hydrogen-bond donors (Lipinski definition) is 0. The Bertz CT molecular complexity index is 469. The van der Waals surface area contributed by atoms with Crippen molar-refractivity contribution in [2.75, 3.05) is 0 Å². The zero-order valence-electron chi connectivity index (χ0n) is 5.91. The van der Waals surface area contributed by atoms with Gasteiger partial charge in [-0.3, -0.25) is 0 Å². The number of nitrogens with zero attached hydrogens (tertiary/aromatic N) is 2. The van der Waals surface area contributed by atoms with Gasteiger partial charge >= 0.3 is 80.2 Å². The fourth-order valence-electron chi connectivity index (χ4n) is 0.977. The van der Waals surface area contributed by atoms with E-state index < -0.39 is 0 Å². The molecule has 0 fully saturated rings. The van der Waals surface area contributed by atoms with Gasteiger partial charge < -0.3 is 0 Å². The van der Waals surface area contributed by atoms with Crippen molar-refractivity contribution >= 4 is 36.0 Å². The van der Waals surface area contributed by atoms with E-state index in [1.807, 2.05) is 12.1 Å². The summed E-state index contributed by atoms with van der Waals surface area (Å²) in [6.07, 6.45) is 1.80. The third kappa shape index (κ3) is 1.15. The van der Waals surface area contributed by atoms with E-state index in [0.29, 0.717) is 10.6 Å². The molecule has 58 valence electrons. The summed E-state index contributed by atoms with van der Waals surface area (Å²) >= 11 is 6.00. The van der Waals surface area contributed by atoms with Crippen molar-refractivity contribution in [1.82, 2.24) is 3.98 Å². The first-order valence-corrected chi connectivity index (χ1v) is 5.25. The van der Waals surface area contributed by atoms with Gasteiger partial charge in [0.25, 0.3) is 0 Å². The molecule has 2 aromatic rings. The molecule has 0 spiro atoms. The van der Waals surface area contributed by atoms with Crippen LogP contribution in [0.5, 0.6) is 0 Å². The normalized spacial score (nSPS) is 10.0. The van der Waals surface area contributed by atoms with Crippen LogP contribution in [-0.2, 0) is 0 Å². The van der Waals surface area contributed by atoms with E-state index >= 15 is 0 Å². The van der Waals surface area contributed by atoms with Gasteiger partial charge in [0.15, 0.2) is 0 Å². The molecule has 0 radical (unpaired) electrons. The summed E-state index contributed by atoms with van der Waals surface area (Å²) in [5.41, 5.74) is 0.527. The number of aromatic nitrogens is 1. The molecule has 12 heavy (non-hydrogen) atoms. The van der Waals surface area contributed by atoms with Gasteiger partial charge in [0.2, 0.25) is 0 Å². The molecule has 0 aliphatic rings. The average molecular weight is 242 g/mol. The second-order valence-electron chi connectivity index (χ2n) is 2.31. The number of benzene rings is 1. The summed E-state index contributed by atoms with van der Waals surface area (Å²) in [6, 6.07) is 5.66. The third-order valence-corrected chi connectivity index (χ3v) is 3.47. The molecule has 1 aromatic carbocycles. The second-order valence-corrected chi connectivity index (χ2v) is 4.46. The Kier molecular flexibility index (Phi) is 1.90. The number of hydrogen-bond acceptors (Lipinski definition) is 2. The molecule has 0 unspecified atom stereocenters. The fraction of sp³-hybridized carbons (Fsp3) is 0. The van der Waals surface area contributed by atoms with Gasteiger partial charge in [-0.25, -0.2) is 0 Å². The summed E-state index contributed by atoms with van der Waals surface area (Å²) in [7, 11) is 0. The van der Waals surface area contributed by atoms with Crippen molar-refractivity contribution < 1.29 is 0 Å². The fourth-order valence-corrected chi connectivity index (χ4v) is 2.73. The van der Waals surface area contributed by atoms with E-state index in [1.165, 1.54) is 0 Å². The number of rotatable bonds is 0. The van der Waals surface area contributed by atoms with Crippen LogP contribution in [-0.4, -0.2) is 18.7 Å². The van der Waals surface area contributed by atoms with Crippen LogP contribution in [0.25, 0.3) is 9.65 Å². The van der Waals surface area contributed by atoms with Gasteiger partial charge in [-0.15, -0.1) is 0 Å². The van der Waals surface area contributed by atoms with Gasteiger partial charge in [-0.2, -0.15) is 0 Å². The number of halogens is 1. The van der Waals surface area contributed by atoms with E-state index in [9.17, 15) is 0 Å². The van der Waals surface area contributed by atoms with Crippen LogP contribution in [0.2, 0.25) is 5.02 Å². The molecule has 4 heteroatoms. The zero-order valence-corrected chi connectivity index (χ0v) is 8.38. The Hall–Kier alpha value is -0.811. The molecule has 0 aliphatic heterocycles. The van der Waals surface area contributed by atoms with Crippen molar-refractivity contribution in [2.45, 2.75) is 0 Å². The Labute approximate surface area is 80.4 Å². The molecule has 0 bridgehead atoms. The summed E-state index contributed by atoms with van der Waals surface area (Å²) in [5.74, 6) is 0. The van der Waals surface area contributed by atoms with Gasteiger partial charge in [0.05, 0.1) is 0 Å². The van der Waals surface area contributed by atoms with E-state index in [2.05, 4.69) is 3.98 Å². The van der Waals surface area contributed by atoms with Crippen LogP contribution in [0.1, 0.15) is 5.56 Å². The summed E-state index contributed by atoms with van der Waals surface area (Å²) in [4.78, 5) is 0. The van der Waals surface area contributed by atoms with E-state index in [4.69, 9.17) is 16.9 Å². The average Bonchev–Trinajstić information content (AvgIpc) is 2.49. The number of nitriles is 1. The molecular weight excluding hydrogens is 239 g/mol. The molecule has 0 aliphatic carbocycles. The topological polar surface area (TPSA) is 36.7 Å². The summed E-state index contributed by atoms with van der Waals surface area (Å²) in [6.45, 7) is 0. The molecule has 0 N–H and O–H groups in total. The SMILES string of the molecule is N#Cc1cc2cn[se]c2cc1Cl. The van der Waals surface area contributed by atoms with Crippen molar-refractivity contribution in [3.63, 3.8) is 0 Å². The van der Waals surface area contributed by atoms with Crippen LogP contribution in [0.3, 0.4) is 0 Å². The van der Waals surface area contributed by atoms with Gasteiger partial charge in [-0.05, 0) is 0 Å². The van der Waals surface area contributed by atoms with E-state index in [1.54, 1.807) is 12.3 Å². The molecule has 2 rings (SSSR count). The van der Waals surface area contributed by atoms with Crippen molar-refractivity contribution in [3.05, 3.63) is 28.9 Å². The third-order valence-electron chi connectivity index (χ3n) is 1.56. The van der Waals surface area contributed by atoms with Gasteiger partial charge in [0, 0.05) is 0 Å². The van der Waals surface area contributed by atoms with Crippen LogP contribution in [0.4, 0.5) is 0 Å². The Morgan fingerprint density at radius 2 is 2.33 bits per heavy atom. The Balaban J connectivity index is 2.84. The first-order chi connectivity index (χ1) is 5.81. The second kappa shape index (κ2) is 2.91. The van der Waals surface area contributed by atoms with Crippen LogP contribution in [0, 0.1) is 11.3 Å². The summed E-state index contributed by atoms with van der Waals surface area (Å²) in [5, 5.41) is 10.2.